The highest BCUT2D eigenvalue weighted by Gasteiger charge is 2.37. The molecule has 0 unspecified atom stereocenters. The Morgan fingerprint density at radius 1 is 0.972 bits per heavy atom. The smallest absolute Gasteiger partial charge is 0.335 e. The maximum absolute atomic E-state index is 13.4. The van der Waals surface area contributed by atoms with Crippen molar-refractivity contribution in [2.45, 2.75) is 27.2 Å². The molecule has 0 bridgehead atoms. The Morgan fingerprint density at radius 2 is 1.72 bits per heavy atom. The van der Waals surface area contributed by atoms with Crippen LogP contribution in [-0.2, 0) is 16.0 Å². The molecule has 4 amide bonds. The first kappa shape index (κ1) is 25.9. The Morgan fingerprint density at radius 3 is 2.42 bits per heavy atom. The number of carbonyl (C=O) groups excluding carboxylic acids is 3. The monoisotopic (exact) mass is 610 g/mol. The van der Waals surface area contributed by atoms with Crippen LogP contribution in [0.2, 0.25) is 0 Å². The van der Waals surface area contributed by atoms with Crippen LogP contribution in [0.15, 0.2) is 69.1 Å². The van der Waals surface area contributed by atoms with Crippen LogP contribution in [0.1, 0.15) is 34.7 Å². The molecule has 3 aromatic rings. The third-order valence-corrected chi connectivity index (χ3v) is 7.29. The summed E-state index contributed by atoms with van der Waals surface area (Å²) in [6, 6.07) is 16.2. The fourth-order valence-corrected chi connectivity index (χ4v) is 5.13. The average molecular weight is 612 g/mol. The van der Waals surface area contributed by atoms with Crippen molar-refractivity contribution in [1.82, 2.24) is 5.32 Å². The number of anilines is 1. The predicted octanol–water partition coefficient (Wildman–Crippen LogP) is 6.48. The van der Waals surface area contributed by atoms with Gasteiger partial charge in [-0.15, -0.1) is 0 Å². The first-order valence-electron chi connectivity index (χ1n) is 11.4. The van der Waals surface area contributed by atoms with E-state index >= 15 is 0 Å². The number of carbonyl (C=O) groups is 3. The summed E-state index contributed by atoms with van der Waals surface area (Å²) in [5.74, 6) is -0.778. The molecule has 1 heterocycles. The minimum atomic E-state index is -0.769. The minimum absolute atomic E-state index is 0.137. The maximum Gasteiger partial charge on any atom is 0.335 e. The number of halogens is 2. The van der Waals surface area contributed by atoms with Crippen LogP contribution in [0.3, 0.4) is 0 Å². The second-order valence-corrected chi connectivity index (χ2v) is 10.1. The molecule has 1 N–H and O–H groups in total. The first-order chi connectivity index (χ1) is 17.2. The van der Waals surface area contributed by atoms with Crippen LogP contribution in [0, 0.1) is 13.8 Å². The third kappa shape index (κ3) is 5.29. The molecular weight excluding hydrogens is 588 g/mol. The SMILES string of the molecule is CCOc1cc(/C=C2\C(=O)NC(=O)N(c3ccc(C)cc3C)C2=O)cc(Br)c1Cc1ccccc1Br. The molecule has 0 atom stereocenters. The van der Waals surface area contributed by atoms with E-state index in [9.17, 15) is 14.4 Å². The van der Waals surface area contributed by atoms with E-state index in [0.717, 1.165) is 36.1 Å². The van der Waals surface area contributed by atoms with E-state index in [1.807, 2.05) is 63.2 Å². The van der Waals surface area contributed by atoms with Crippen molar-refractivity contribution in [1.29, 1.82) is 0 Å². The number of ether oxygens (including phenoxy) is 1. The van der Waals surface area contributed by atoms with E-state index in [2.05, 4.69) is 37.2 Å². The molecule has 36 heavy (non-hydrogen) atoms. The van der Waals surface area contributed by atoms with Gasteiger partial charge in [-0.3, -0.25) is 14.9 Å². The topological polar surface area (TPSA) is 75.7 Å². The summed E-state index contributed by atoms with van der Waals surface area (Å²) < 4.78 is 7.69. The van der Waals surface area contributed by atoms with E-state index in [-0.39, 0.29) is 5.57 Å². The van der Waals surface area contributed by atoms with Gasteiger partial charge in [0.1, 0.15) is 11.3 Å². The molecule has 1 fully saturated rings. The van der Waals surface area contributed by atoms with E-state index in [1.54, 1.807) is 12.1 Å². The van der Waals surface area contributed by atoms with Gasteiger partial charge in [0, 0.05) is 20.9 Å². The van der Waals surface area contributed by atoms with Crippen molar-refractivity contribution in [3.8, 4) is 5.75 Å². The van der Waals surface area contributed by atoms with Crippen LogP contribution < -0.4 is 15.0 Å². The first-order valence-corrected chi connectivity index (χ1v) is 13.0. The fourth-order valence-electron chi connectivity index (χ4n) is 4.10. The van der Waals surface area contributed by atoms with Crippen LogP contribution in [-0.4, -0.2) is 24.5 Å². The zero-order chi connectivity index (χ0) is 26.0. The molecule has 3 aromatic carbocycles. The number of imide groups is 2. The zero-order valence-electron chi connectivity index (χ0n) is 20.0. The molecule has 184 valence electrons. The standard InChI is InChI=1S/C28H24Br2N2O4/c1-4-36-25-14-18(13-23(30)20(25)15-19-7-5-6-8-22(19)29)12-21-26(33)31-28(35)32(27(21)34)24-10-9-16(2)11-17(24)3/h5-14H,4,15H2,1-3H3,(H,31,33,35)/b21-12+. The molecule has 0 spiro atoms. The van der Waals surface area contributed by atoms with Crippen molar-refractivity contribution >= 4 is 61.5 Å². The van der Waals surface area contributed by atoms with Crippen LogP contribution >= 0.6 is 31.9 Å². The number of barbiturate groups is 1. The summed E-state index contributed by atoms with van der Waals surface area (Å²) in [5, 5.41) is 2.29. The highest BCUT2D eigenvalue weighted by Crippen LogP contribution is 2.34. The molecule has 6 nitrogen and oxygen atoms in total. The Hall–Kier alpha value is -3.23. The Balaban J connectivity index is 1.74. The van der Waals surface area contributed by atoms with Crippen molar-refractivity contribution in [3.63, 3.8) is 0 Å². The quantitative estimate of drug-likeness (QED) is 0.256. The molecule has 0 radical (unpaired) electrons. The number of urea groups is 1. The lowest BCUT2D eigenvalue weighted by Gasteiger charge is -2.27. The number of benzene rings is 3. The van der Waals surface area contributed by atoms with Gasteiger partial charge in [0.05, 0.1) is 12.3 Å². The summed E-state index contributed by atoms with van der Waals surface area (Å²) in [4.78, 5) is 39.6. The number of nitrogens with zero attached hydrogens (tertiary/aromatic N) is 1. The van der Waals surface area contributed by atoms with Crippen molar-refractivity contribution < 1.29 is 19.1 Å². The Kier molecular flexibility index (Phi) is 7.76. The lowest BCUT2D eigenvalue weighted by molar-refractivity contribution is -0.122. The number of rotatable bonds is 6. The van der Waals surface area contributed by atoms with Crippen molar-refractivity contribution in [2.75, 3.05) is 11.5 Å². The average Bonchev–Trinajstić information content (AvgIpc) is 2.81. The van der Waals surface area contributed by atoms with Crippen LogP contribution in [0.4, 0.5) is 10.5 Å². The molecule has 8 heteroatoms. The highest BCUT2D eigenvalue weighted by atomic mass is 79.9. The van der Waals surface area contributed by atoms with Gasteiger partial charge in [-0.1, -0.05) is 67.8 Å². The van der Waals surface area contributed by atoms with Gasteiger partial charge in [0.25, 0.3) is 11.8 Å². The van der Waals surface area contributed by atoms with E-state index in [1.165, 1.54) is 6.08 Å². The lowest BCUT2D eigenvalue weighted by atomic mass is 10.00. The second-order valence-electron chi connectivity index (χ2n) is 8.43. The minimum Gasteiger partial charge on any atom is -0.494 e. The van der Waals surface area contributed by atoms with Crippen molar-refractivity contribution in [3.05, 3.63) is 96.9 Å². The third-order valence-electron chi connectivity index (χ3n) is 5.81. The number of hydrogen-bond donors (Lipinski definition) is 1. The molecule has 4 rings (SSSR count). The number of amides is 4. The van der Waals surface area contributed by atoms with Crippen molar-refractivity contribution in [2.24, 2.45) is 0 Å². The van der Waals surface area contributed by atoms with E-state index in [4.69, 9.17) is 4.74 Å². The van der Waals surface area contributed by atoms with Crippen LogP contribution in [0.25, 0.3) is 6.08 Å². The number of nitrogens with one attached hydrogen (secondary N) is 1. The van der Waals surface area contributed by atoms with Gasteiger partial charge in [-0.2, -0.15) is 0 Å². The molecule has 1 saturated heterocycles. The normalized spacial score (nSPS) is 14.9. The molecular formula is C28H24Br2N2O4. The molecule has 1 aliphatic rings. The van der Waals surface area contributed by atoms with Gasteiger partial charge in [-0.25, -0.2) is 9.69 Å². The maximum atomic E-state index is 13.4. The molecule has 0 aliphatic carbocycles. The summed E-state index contributed by atoms with van der Waals surface area (Å²) in [6.45, 7) is 6.09. The van der Waals surface area contributed by atoms with Gasteiger partial charge < -0.3 is 4.74 Å². The summed E-state index contributed by atoms with van der Waals surface area (Å²) in [6.07, 6.45) is 2.10. The van der Waals surface area contributed by atoms with Gasteiger partial charge in [0.15, 0.2) is 0 Å². The summed E-state index contributed by atoms with van der Waals surface area (Å²) in [7, 11) is 0. The predicted molar refractivity (Wildman–Crippen MR) is 147 cm³/mol. The molecule has 1 aliphatic heterocycles. The highest BCUT2D eigenvalue weighted by molar-refractivity contribution is 9.10. The summed E-state index contributed by atoms with van der Waals surface area (Å²) >= 11 is 7.24. The van der Waals surface area contributed by atoms with E-state index in [0.29, 0.717) is 30.0 Å². The zero-order valence-corrected chi connectivity index (χ0v) is 23.2. The largest absolute Gasteiger partial charge is 0.494 e. The van der Waals surface area contributed by atoms with Gasteiger partial charge in [0.2, 0.25) is 0 Å². The Labute approximate surface area is 226 Å². The fraction of sp³-hybridized carbons (Fsp3) is 0.179. The second kappa shape index (κ2) is 10.8. The van der Waals surface area contributed by atoms with Gasteiger partial charge >= 0.3 is 6.03 Å². The lowest BCUT2D eigenvalue weighted by Crippen LogP contribution is -2.54. The van der Waals surface area contributed by atoms with Gasteiger partial charge in [-0.05, 0) is 67.8 Å². The molecule has 0 aromatic heterocycles. The number of aryl methyl sites for hydroxylation is 2. The number of hydrogen-bond acceptors (Lipinski definition) is 4. The van der Waals surface area contributed by atoms with E-state index < -0.39 is 17.8 Å². The Bertz CT molecular complexity index is 1410. The summed E-state index contributed by atoms with van der Waals surface area (Å²) in [5.41, 5.74) is 4.68. The van der Waals surface area contributed by atoms with Crippen LogP contribution in [0.5, 0.6) is 5.75 Å². The molecule has 0 saturated carbocycles.